The van der Waals surface area contributed by atoms with Crippen molar-refractivity contribution in [2.45, 2.75) is 82.9 Å². The topological polar surface area (TPSA) is 117 Å². The normalized spacial score (nSPS) is 24.4. The molecule has 1 saturated heterocycles. The maximum Gasteiger partial charge on any atom is 0.410 e. The Kier molecular flexibility index (Phi) is 6.97. The third-order valence-electron chi connectivity index (χ3n) is 7.94. The first-order chi connectivity index (χ1) is 18.2. The second kappa shape index (κ2) is 9.87. The lowest BCUT2D eigenvalue weighted by molar-refractivity contribution is -0.150. The van der Waals surface area contributed by atoms with Crippen LogP contribution in [-0.2, 0) is 16.1 Å². The van der Waals surface area contributed by atoms with Crippen molar-refractivity contribution in [2.75, 3.05) is 18.4 Å². The van der Waals surface area contributed by atoms with Crippen LogP contribution in [0.4, 0.5) is 28.4 Å². The molecule has 5 rings (SSSR count). The molecule has 0 aromatic heterocycles. The number of alkyl halides is 3. The summed E-state index contributed by atoms with van der Waals surface area (Å²) in [5.41, 5.74) is 7.30. The third-order valence-corrected chi connectivity index (χ3v) is 7.94. The predicted octanol–water partition coefficient (Wildman–Crippen LogP) is 4.14. The van der Waals surface area contributed by atoms with Gasteiger partial charge in [0, 0.05) is 18.8 Å². The van der Waals surface area contributed by atoms with Crippen LogP contribution in [0.1, 0.15) is 63.6 Å². The Hall–Kier alpha value is -3.02. The lowest BCUT2D eigenvalue weighted by Crippen LogP contribution is -2.47. The summed E-state index contributed by atoms with van der Waals surface area (Å²) in [4.78, 5) is 41.2. The SMILES string of the molecule is CC(C)(C)OC(=O)N1Cc2cc(NC(=O)[C@@H](N)C(C3CC3)C3CC3)ccc2C(N2C[C@@H](C(F)(F)F)NC2=O)C1. The van der Waals surface area contributed by atoms with Crippen LogP contribution in [0.3, 0.4) is 0 Å². The fourth-order valence-corrected chi connectivity index (χ4v) is 5.80. The molecule has 0 spiro atoms. The van der Waals surface area contributed by atoms with Gasteiger partial charge in [-0.25, -0.2) is 9.59 Å². The molecule has 2 heterocycles. The van der Waals surface area contributed by atoms with Crippen LogP contribution in [0.25, 0.3) is 0 Å². The van der Waals surface area contributed by atoms with Gasteiger partial charge in [0.25, 0.3) is 0 Å². The number of fused-ring (bicyclic) bond motifs is 1. The molecule has 2 saturated carbocycles. The number of amides is 4. The molecular weight excluding hydrogens is 515 g/mol. The van der Waals surface area contributed by atoms with Crippen LogP contribution in [0.5, 0.6) is 0 Å². The molecule has 0 radical (unpaired) electrons. The fraction of sp³-hybridized carbons (Fsp3) is 0.667. The summed E-state index contributed by atoms with van der Waals surface area (Å²) in [6.07, 6.45) is -0.842. The first kappa shape index (κ1) is 27.5. The molecule has 4 aliphatic rings. The number of hydrogen-bond donors (Lipinski definition) is 3. The summed E-state index contributed by atoms with van der Waals surface area (Å²) < 4.78 is 45.7. The molecule has 3 atom stereocenters. The van der Waals surface area contributed by atoms with E-state index < -0.39 is 48.6 Å². The molecule has 39 heavy (non-hydrogen) atoms. The van der Waals surface area contributed by atoms with Gasteiger partial charge in [0.2, 0.25) is 5.91 Å². The quantitative estimate of drug-likeness (QED) is 0.492. The molecule has 1 aromatic carbocycles. The Bertz CT molecular complexity index is 1130. The summed E-state index contributed by atoms with van der Waals surface area (Å²) in [5.74, 6) is 0.890. The van der Waals surface area contributed by atoms with Gasteiger partial charge in [-0.3, -0.25) is 4.79 Å². The van der Waals surface area contributed by atoms with E-state index in [0.29, 0.717) is 28.7 Å². The number of nitrogens with two attached hydrogens (primary N) is 1. The highest BCUT2D eigenvalue weighted by Crippen LogP contribution is 2.50. The molecule has 1 aromatic rings. The molecule has 9 nitrogen and oxygen atoms in total. The molecule has 3 fully saturated rings. The zero-order valence-electron chi connectivity index (χ0n) is 22.4. The van der Waals surface area contributed by atoms with Crippen molar-refractivity contribution < 1.29 is 32.3 Å². The van der Waals surface area contributed by atoms with E-state index in [9.17, 15) is 27.6 Å². The summed E-state index contributed by atoms with van der Waals surface area (Å²) in [6.45, 7) is 4.66. The van der Waals surface area contributed by atoms with Crippen LogP contribution < -0.4 is 16.4 Å². The number of ether oxygens (including phenoxy) is 1. The zero-order valence-corrected chi connectivity index (χ0v) is 22.4. The molecule has 1 unspecified atom stereocenters. The molecule has 2 aliphatic carbocycles. The van der Waals surface area contributed by atoms with Crippen LogP contribution in [0.15, 0.2) is 18.2 Å². The number of nitrogens with one attached hydrogen (secondary N) is 2. The van der Waals surface area contributed by atoms with Gasteiger partial charge in [0.15, 0.2) is 0 Å². The average Bonchev–Trinajstić information content (AvgIpc) is 3.77. The molecule has 214 valence electrons. The lowest BCUT2D eigenvalue weighted by Gasteiger charge is -2.39. The van der Waals surface area contributed by atoms with Crippen molar-refractivity contribution in [3.8, 4) is 0 Å². The Morgan fingerprint density at radius 3 is 2.28 bits per heavy atom. The Morgan fingerprint density at radius 1 is 1.10 bits per heavy atom. The van der Waals surface area contributed by atoms with Gasteiger partial charge < -0.3 is 30.9 Å². The number of carbonyl (C=O) groups excluding carboxylic acids is 3. The van der Waals surface area contributed by atoms with Crippen LogP contribution in [0, 0.1) is 17.8 Å². The monoisotopic (exact) mass is 551 g/mol. The van der Waals surface area contributed by atoms with Crippen molar-refractivity contribution in [2.24, 2.45) is 23.5 Å². The van der Waals surface area contributed by atoms with Gasteiger partial charge >= 0.3 is 18.3 Å². The molecular formula is C27H36F3N5O4. The minimum absolute atomic E-state index is 0.0268. The van der Waals surface area contributed by atoms with Crippen molar-refractivity contribution in [3.05, 3.63) is 29.3 Å². The predicted molar refractivity (Wildman–Crippen MR) is 136 cm³/mol. The van der Waals surface area contributed by atoms with Crippen molar-refractivity contribution in [1.29, 1.82) is 0 Å². The van der Waals surface area contributed by atoms with Crippen LogP contribution >= 0.6 is 0 Å². The van der Waals surface area contributed by atoms with E-state index in [0.717, 1.165) is 30.6 Å². The number of anilines is 1. The van der Waals surface area contributed by atoms with Crippen molar-refractivity contribution >= 4 is 23.7 Å². The van der Waals surface area contributed by atoms with Gasteiger partial charge in [-0.05, 0) is 87.5 Å². The van der Waals surface area contributed by atoms with Gasteiger partial charge in [-0.2, -0.15) is 13.2 Å². The first-order valence-corrected chi connectivity index (χ1v) is 13.5. The minimum Gasteiger partial charge on any atom is -0.444 e. The number of halogens is 3. The number of hydrogen-bond acceptors (Lipinski definition) is 5. The van der Waals surface area contributed by atoms with E-state index in [1.807, 2.05) is 5.32 Å². The van der Waals surface area contributed by atoms with Gasteiger partial charge in [-0.15, -0.1) is 0 Å². The maximum atomic E-state index is 13.4. The molecule has 4 amide bonds. The first-order valence-electron chi connectivity index (χ1n) is 13.5. The van der Waals surface area contributed by atoms with E-state index in [1.165, 1.54) is 4.90 Å². The van der Waals surface area contributed by atoms with E-state index >= 15 is 0 Å². The number of urea groups is 1. The largest absolute Gasteiger partial charge is 0.444 e. The molecule has 2 aliphatic heterocycles. The average molecular weight is 552 g/mol. The summed E-state index contributed by atoms with van der Waals surface area (Å²) in [5, 5.41) is 4.90. The molecule has 4 N–H and O–H groups in total. The highest BCUT2D eigenvalue weighted by molar-refractivity contribution is 5.95. The highest BCUT2D eigenvalue weighted by atomic mass is 19.4. The maximum absolute atomic E-state index is 13.4. The van der Waals surface area contributed by atoms with E-state index in [1.54, 1.807) is 39.0 Å². The minimum atomic E-state index is -4.60. The summed E-state index contributed by atoms with van der Waals surface area (Å²) in [7, 11) is 0. The Balaban J connectivity index is 1.39. The second-order valence-corrected chi connectivity index (χ2v) is 12.3. The van der Waals surface area contributed by atoms with Crippen LogP contribution in [0.2, 0.25) is 0 Å². The highest BCUT2D eigenvalue weighted by Gasteiger charge is 2.50. The Labute approximate surface area is 225 Å². The van der Waals surface area contributed by atoms with Crippen LogP contribution in [-0.4, -0.2) is 64.8 Å². The van der Waals surface area contributed by atoms with E-state index in [4.69, 9.17) is 10.5 Å². The molecule has 0 bridgehead atoms. The number of carbonyl (C=O) groups is 3. The zero-order chi connectivity index (χ0) is 28.3. The fourth-order valence-electron chi connectivity index (χ4n) is 5.80. The standard InChI is InChI=1S/C27H36F3N5O4/c1-26(2,3)39-25(38)34-11-16-10-17(32-23(36)22(31)21(14-4-5-14)15-6-7-15)8-9-18(16)19(12-34)35-13-20(27(28,29)30)33-24(35)37/h8-10,14-15,19-22H,4-7,11-13,31H2,1-3H3,(H,32,36)(H,33,37)/t19?,20-,22-/m0/s1. The van der Waals surface area contributed by atoms with E-state index in [2.05, 4.69) is 5.32 Å². The lowest BCUT2D eigenvalue weighted by atomic mass is 9.89. The smallest absolute Gasteiger partial charge is 0.410 e. The van der Waals surface area contributed by atoms with Crippen molar-refractivity contribution in [1.82, 2.24) is 15.1 Å². The number of rotatable bonds is 6. The number of nitrogens with zero attached hydrogens (tertiary/aromatic N) is 2. The summed E-state index contributed by atoms with van der Waals surface area (Å²) in [6, 6.07) is 0.751. The van der Waals surface area contributed by atoms with E-state index in [-0.39, 0.29) is 24.9 Å². The van der Waals surface area contributed by atoms with Gasteiger partial charge in [-0.1, -0.05) is 6.07 Å². The Morgan fingerprint density at radius 2 is 1.74 bits per heavy atom. The van der Waals surface area contributed by atoms with Gasteiger partial charge in [0.05, 0.1) is 18.6 Å². The third kappa shape index (κ3) is 6.10. The van der Waals surface area contributed by atoms with Gasteiger partial charge in [0.1, 0.15) is 11.6 Å². The second-order valence-electron chi connectivity index (χ2n) is 12.3. The van der Waals surface area contributed by atoms with Crippen molar-refractivity contribution in [3.63, 3.8) is 0 Å². The molecule has 12 heteroatoms. The number of benzene rings is 1. The summed E-state index contributed by atoms with van der Waals surface area (Å²) >= 11 is 0.